The minimum absolute atomic E-state index is 0.0982. The van der Waals surface area contributed by atoms with Crippen molar-refractivity contribution in [2.24, 2.45) is 4.99 Å². The summed E-state index contributed by atoms with van der Waals surface area (Å²) >= 11 is 0. The van der Waals surface area contributed by atoms with Gasteiger partial charge in [-0.15, -0.1) is 0 Å². The Balaban J connectivity index is 2.35. The number of nitrogens with one attached hydrogen (secondary N) is 2. The molecule has 0 aromatic carbocycles. The Morgan fingerprint density at radius 2 is 2.55 bits per heavy atom. The lowest BCUT2D eigenvalue weighted by atomic mass is 10.3. The minimum Gasteiger partial charge on any atom is -0.314 e. The molecule has 2 aliphatic heterocycles. The molecule has 0 saturated carbocycles. The van der Waals surface area contributed by atoms with Gasteiger partial charge >= 0.3 is 5.84 Å². The van der Waals surface area contributed by atoms with Gasteiger partial charge in [0, 0.05) is 0 Å². The van der Waals surface area contributed by atoms with E-state index in [-0.39, 0.29) is 12.5 Å². The van der Waals surface area contributed by atoms with E-state index in [2.05, 4.69) is 20.6 Å². The first-order valence-corrected chi connectivity index (χ1v) is 3.19. The van der Waals surface area contributed by atoms with Crippen LogP contribution in [0.1, 0.15) is 0 Å². The summed E-state index contributed by atoms with van der Waals surface area (Å²) in [5, 5.41) is 5.45. The molecular weight excluding hydrogens is 144 g/mol. The van der Waals surface area contributed by atoms with Gasteiger partial charge in [-0.1, -0.05) is 4.99 Å². The molecule has 0 atom stereocenters. The fraction of sp³-hybridized carbons (Fsp3) is 0.167. The molecule has 5 heteroatoms. The highest BCUT2D eigenvalue weighted by atomic mass is 16.2. The lowest BCUT2D eigenvalue weighted by Gasteiger charge is -2.09. The van der Waals surface area contributed by atoms with E-state index >= 15 is 0 Å². The monoisotopic (exact) mass is 150 g/mol. The molecule has 0 bridgehead atoms. The standard InChI is InChI=1S/C6H6N4O/c11-5-2-8-6-4(10-5)1-7-3-9-6/h1,3H,2H2,(H,7,9)(H,10,11)/q+1. The second-order valence-corrected chi connectivity index (χ2v) is 2.18. The van der Waals surface area contributed by atoms with Crippen molar-refractivity contribution in [3.63, 3.8) is 0 Å². The Hall–Kier alpha value is -1.65. The molecule has 0 aromatic heterocycles. The maximum Gasteiger partial charge on any atom is 0.342 e. The van der Waals surface area contributed by atoms with Gasteiger partial charge in [0.2, 0.25) is 6.54 Å². The number of carbonyl (C=O) groups excluding carboxylic acids is 1. The Bertz CT molecular complexity index is 289. The van der Waals surface area contributed by atoms with Crippen LogP contribution in [0.3, 0.4) is 0 Å². The highest BCUT2D eigenvalue weighted by molar-refractivity contribution is 6.09. The van der Waals surface area contributed by atoms with Gasteiger partial charge in [0.05, 0.1) is 6.20 Å². The molecule has 2 heterocycles. The lowest BCUT2D eigenvalue weighted by molar-refractivity contribution is -0.119. The highest BCUT2D eigenvalue weighted by Gasteiger charge is 2.25. The van der Waals surface area contributed by atoms with Gasteiger partial charge in [-0.3, -0.25) is 4.79 Å². The fourth-order valence-corrected chi connectivity index (χ4v) is 0.912. The van der Waals surface area contributed by atoms with Crippen LogP contribution in [0.15, 0.2) is 16.9 Å². The molecule has 0 saturated heterocycles. The van der Waals surface area contributed by atoms with Crippen molar-refractivity contribution in [2.75, 3.05) is 6.54 Å². The van der Waals surface area contributed by atoms with Crippen molar-refractivity contribution in [2.45, 2.75) is 0 Å². The van der Waals surface area contributed by atoms with Gasteiger partial charge in [0.15, 0.2) is 12.0 Å². The first kappa shape index (κ1) is 6.09. The molecule has 2 N–H and O–H groups in total. The number of hydrogen-bond acceptors (Lipinski definition) is 4. The summed E-state index contributed by atoms with van der Waals surface area (Å²) in [5.41, 5.74) is 0.642. The number of rotatable bonds is 0. The van der Waals surface area contributed by atoms with Gasteiger partial charge in [-0.05, 0) is 0 Å². The quantitative estimate of drug-likeness (QED) is 0.433. The summed E-state index contributed by atoms with van der Waals surface area (Å²) in [4.78, 5) is 18.5. The molecule has 1 radical (unpaired) electrons. The predicted molar refractivity (Wildman–Crippen MR) is 39.9 cm³/mol. The Kier molecular flexibility index (Phi) is 1.21. The molecule has 0 spiro atoms. The number of aliphatic imine (C=N–C) groups is 2. The van der Waals surface area contributed by atoms with Crippen LogP contribution in [0.2, 0.25) is 0 Å². The van der Waals surface area contributed by atoms with Gasteiger partial charge in [-0.25, -0.2) is 10.3 Å². The number of amidine groups is 1. The minimum atomic E-state index is -0.0982. The third-order valence-electron chi connectivity index (χ3n) is 1.39. The van der Waals surface area contributed by atoms with Crippen LogP contribution in [0.5, 0.6) is 0 Å². The molecule has 1 amide bonds. The molecule has 0 unspecified atom stereocenters. The van der Waals surface area contributed by atoms with Crippen molar-refractivity contribution in [3.05, 3.63) is 11.9 Å². The largest absolute Gasteiger partial charge is 0.342 e. The van der Waals surface area contributed by atoms with Gasteiger partial charge in [-0.2, -0.15) is 0 Å². The zero-order chi connectivity index (χ0) is 7.68. The maximum atomic E-state index is 10.8. The smallest absolute Gasteiger partial charge is 0.314 e. The Morgan fingerprint density at radius 1 is 1.64 bits per heavy atom. The number of amides is 1. The molecule has 55 valence electrons. The Morgan fingerprint density at radius 3 is 3.45 bits per heavy atom. The lowest BCUT2D eigenvalue weighted by Crippen LogP contribution is -2.45. The van der Waals surface area contributed by atoms with E-state index in [1.54, 1.807) is 6.20 Å². The van der Waals surface area contributed by atoms with E-state index in [1.165, 1.54) is 6.34 Å². The third kappa shape index (κ3) is 1.000. The van der Waals surface area contributed by atoms with Crippen LogP contribution in [0.25, 0.3) is 0 Å². The van der Waals surface area contributed by atoms with E-state index in [4.69, 9.17) is 0 Å². The van der Waals surface area contributed by atoms with Gasteiger partial charge < -0.3 is 5.32 Å². The fourth-order valence-electron chi connectivity index (χ4n) is 0.912. The van der Waals surface area contributed by atoms with Crippen molar-refractivity contribution in [1.82, 2.24) is 15.6 Å². The van der Waals surface area contributed by atoms with Crippen LogP contribution in [0, 0.1) is 0 Å². The summed E-state index contributed by atoms with van der Waals surface area (Å²) in [5.74, 6) is 0.582. The zero-order valence-corrected chi connectivity index (χ0v) is 5.66. The second-order valence-electron chi connectivity index (χ2n) is 2.18. The second kappa shape index (κ2) is 2.19. The van der Waals surface area contributed by atoms with Crippen LogP contribution in [-0.4, -0.2) is 24.6 Å². The molecule has 0 aromatic rings. The van der Waals surface area contributed by atoms with Crippen LogP contribution in [-0.2, 0) is 4.79 Å². The van der Waals surface area contributed by atoms with Gasteiger partial charge in [0.1, 0.15) is 0 Å². The summed E-state index contributed by atoms with van der Waals surface area (Å²) < 4.78 is 0. The van der Waals surface area contributed by atoms with E-state index in [0.29, 0.717) is 11.5 Å². The average molecular weight is 150 g/mol. The van der Waals surface area contributed by atoms with Crippen LogP contribution in [0.4, 0.5) is 0 Å². The molecular formula is C6H6N4O+. The number of carbonyl (C=O) groups is 1. The molecule has 0 aliphatic carbocycles. The van der Waals surface area contributed by atoms with E-state index in [9.17, 15) is 4.79 Å². The zero-order valence-electron chi connectivity index (χ0n) is 5.66. The first-order valence-electron chi connectivity index (χ1n) is 3.19. The molecule has 2 rings (SSSR count). The molecule has 2 aliphatic rings. The van der Waals surface area contributed by atoms with Crippen molar-refractivity contribution in [1.29, 1.82) is 0 Å². The summed E-state index contributed by atoms with van der Waals surface area (Å²) in [7, 11) is 0. The number of nitrogens with zero attached hydrogens (tertiary/aromatic N) is 2. The van der Waals surface area contributed by atoms with Crippen LogP contribution >= 0.6 is 0 Å². The first-order chi connectivity index (χ1) is 5.36. The van der Waals surface area contributed by atoms with Crippen molar-refractivity contribution >= 4 is 18.1 Å². The predicted octanol–water partition coefficient (Wildman–Crippen LogP) is -1.68. The molecule has 5 nitrogen and oxygen atoms in total. The van der Waals surface area contributed by atoms with E-state index in [0.717, 1.165) is 0 Å². The Labute approximate surface area is 62.9 Å². The summed E-state index contributed by atoms with van der Waals surface area (Å²) in [6.07, 6.45) is 3.09. The van der Waals surface area contributed by atoms with Crippen LogP contribution < -0.4 is 15.6 Å². The summed E-state index contributed by atoms with van der Waals surface area (Å²) in [6.45, 7) is 0.188. The maximum absolute atomic E-state index is 10.8. The normalized spacial score (nSPS) is 20.9. The summed E-state index contributed by atoms with van der Waals surface area (Å²) in [6, 6.07) is 0. The topological polar surface area (TPSA) is 67.6 Å². The molecule has 0 fully saturated rings. The average Bonchev–Trinajstić information content (AvgIpc) is 2.04. The SMILES string of the molecule is O=C1C[N+]=C2NC=NC=C2N1. The van der Waals surface area contributed by atoms with E-state index < -0.39 is 0 Å². The van der Waals surface area contributed by atoms with Gasteiger partial charge in [0.25, 0.3) is 5.91 Å². The highest BCUT2D eigenvalue weighted by Crippen LogP contribution is 1.96. The molecule has 11 heavy (non-hydrogen) atoms. The van der Waals surface area contributed by atoms with E-state index in [1.807, 2.05) is 0 Å². The van der Waals surface area contributed by atoms with Crippen molar-refractivity contribution < 1.29 is 4.79 Å². The number of hydrogen-bond donors (Lipinski definition) is 2. The number of fused-ring (bicyclic) bond motifs is 1. The van der Waals surface area contributed by atoms with Crippen molar-refractivity contribution in [3.8, 4) is 0 Å². The third-order valence-corrected chi connectivity index (χ3v) is 1.39.